The van der Waals surface area contributed by atoms with Crippen LogP contribution in [-0.2, 0) is 4.74 Å². The lowest BCUT2D eigenvalue weighted by Gasteiger charge is -2.23. The van der Waals surface area contributed by atoms with Gasteiger partial charge in [0.1, 0.15) is 10.9 Å². The Kier molecular flexibility index (Phi) is 5.52. The molecule has 0 aromatic heterocycles. The second-order valence-corrected chi connectivity index (χ2v) is 6.51. The molecule has 0 saturated carbocycles. The van der Waals surface area contributed by atoms with E-state index in [1.165, 1.54) is 24.3 Å². The van der Waals surface area contributed by atoms with E-state index in [0.717, 1.165) is 4.90 Å². The molecule has 3 rings (SSSR count). The molecule has 2 saturated heterocycles. The van der Waals surface area contributed by atoms with E-state index in [2.05, 4.69) is 12.0 Å². The summed E-state index contributed by atoms with van der Waals surface area (Å²) in [5, 5.41) is 22.4. The minimum Gasteiger partial charge on any atom is -0.410 e. The van der Waals surface area contributed by atoms with Crippen molar-refractivity contribution in [2.45, 2.75) is 6.92 Å². The molecule has 0 spiro atoms. The maximum Gasteiger partial charge on any atom is 0.422 e. The highest BCUT2D eigenvalue weighted by atomic mass is 16.7. The lowest BCUT2D eigenvalue weighted by Crippen LogP contribution is -2.42. The fourth-order valence-corrected chi connectivity index (χ4v) is 3.10. The lowest BCUT2D eigenvalue weighted by atomic mass is 9.98. The number of amides is 1. The minimum absolute atomic E-state index is 0.0299. The molecule has 2 aliphatic rings. The van der Waals surface area contributed by atoms with Crippen LogP contribution >= 0.6 is 0 Å². The number of ether oxygens (including phenoxy) is 2. The number of rotatable bonds is 4. The monoisotopic (exact) mass is 373 g/mol. The van der Waals surface area contributed by atoms with Crippen molar-refractivity contribution in [3.63, 3.8) is 0 Å². The number of hydrogen-bond donors (Lipinski definition) is 0. The van der Waals surface area contributed by atoms with Crippen LogP contribution in [0.4, 0.5) is 4.79 Å². The lowest BCUT2D eigenvalue weighted by molar-refractivity contribution is -0.486. The van der Waals surface area contributed by atoms with Crippen LogP contribution in [0.5, 0.6) is 5.75 Å². The average Bonchev–Trinajstić information content (AvgIpc) is 3.22. The number of carbonyl (C=O) groups is 1. The molecule has 2 aliphatic heterocycles. The zero-order valence-corrected chi connectivity index (χ0v) is 14.8. The molecule has 2 atom stereocenters. The van der Waals surface area contributed by atoms with Gasteiger partial charge in [0.25, 0.3) is 5.96 Å². The van der Waals surface area contributed by atoms with Gasteiger partial charge in [-0.25, -0.2) is 19.8 Å². The van der Waals surface area contributed by atoms with Crippen molar-refractivity contribution in [3.8, 4) is 11.8 Å². The number of benzene rings is 1. The Morgan fingerprint density at radius 2 is 2.15 bits per heavy atom. The maximum absolute atomic E-state index is 12.5. The standard InChI is InChI=1S/C17H19N5O5/c1-12-10-26-11-14(12)9-20-6-7-21(16(20)19-22(24)25)17(23)27-15-4-2-13(8-18)3-5-15/h2-5,12,14H,6-7,9-11H2,1H3. The molecule has 1 aromatic rings. The van der Waals surface area contributed by atoms with Gasteiger partial charge in [-0.3, -0.25) is 0 Å². The molecule has 0 N–H and O–H groups in total. The Morgan fingerprint density at radius 3 is 2.74 bits per heavy atom. The highest BCUT2D eigenvalue weighted by Gasteiger charge is 2.38. The van der Waals surface area contributed by atoms with Gasteiger partial charge in [0, 0.05) is 25.6 Å². The maximum atomic E-state index is 12.5. The predicted molar refractivity (Wildman–Crippen MR) is 93.4 cm³/mol. The van der Waals surface area contributed by atoms with E-state index in [4.69, 9.17) is 14.7 Å². The van der Waals surface area contributed by atoms with Crippen molar-refractivity contribution in [2.75, 3.05) is 32.8 Å². The molecule has 0 bridgehead atoms. The normalized spacial score (nSPS) is 23.5. The van der Waals surface area contributed by atoms with Crippen LogP contribution in [0.1, 0.15) is 12.5 Å². The highest BCUT2D eigenvalue weighted by Crippen LogP contribution is 2.23. The van der Waals surface area contributed by atoms with Crippen LogP contribution in [0.15, 0.2) is 29.4 Å². The molecular formula is C17H19N5O5. The number of nitrogens with zero attached hydrogens (tertiary/aromatic N) is 5. The summed E-state index contributed by atoms with van der Waals surface area (Å²) < 4.78 is 10.7. The van der Waals surface area contributed by atoms with Gasteiger partial charge < -0.3 is 14.4 Å². The molecule has 2 unspecified atom stereocenters. The molecule has 1 aromatic carbocycles. The largest absolute Gasteiger partial charge is 0.422 e. The number of hydrazone groups is 1. The van der Waals surface area contributed by atoms with E-state index in [0.29, 0.717) is 37.8 Å². The molecule has 2 heterocycles. The summed E-state index contributed by atoms with van der Waals surface area (Å²) in [7, 11) is 0. The number of nitriles is 1. The minimum atomic E-state index is -0.815. The van der Waals surface area contributed by atoms with Crippen molar-refractivity contribution < 1.29 is 19.3 Å². The predicted octanol–water partition coefficient (Wildman–Crippen LogP) is 1.50. The molecule has 10 heteroatoms. The van der Waals surface area contributed by atoms with Gasteiger partial charge in [-0.05, 0) is 30.2 Å². The molecule has 0 radical (unpaired) electrons. The van der Waals surface area contributed by atoms with Gasteiger partial charge in [-0.1, -0.05) is 6.92 Å². The van der Waals surface area contributed by atoms with Crippen LogP contribution in [-0.4, -0.2) is 59.7 Å². The first-order valence-corrected chi connectivity index (χ1v) is 8.53. The Balaban J connectivity index is 1.72. The Hall–Kier alpha value is -3.19. The van der Waals surface area contributed by atoms with Crippen molar-refractivity contribution >= 4 is 12.1 Å². The summed E-state index contributed by atoms with van der Waals surface area (Å²) in [6.45, 7) is 4.50. The van der Waals surface area contributed by atoms with Crippen LogP contribution < -0.4 is 4.74 Å². The van der Waals surface area contributed by atoms with Gasteiger partial charge in [0.15, 0.2) is 5.03 Å². The van der Waals surface area contributed by atoms with Crippen molar-refractivity contribution in [1.82, 2.24) is 9.80 Å². The summed E-state index contributed by atoms with van der Waals surface area (Å²) in [4.78, 5) is 26.3. The van der Waals surface area contributed by atoms with Gasteiger partial charge in [0.2, 0.25) is 0 Å². The molecule has 142 valence electrons. The van der Waals surface area contributed by atoms with Crippen molar-refractivity contribution in [2.24, 2.45) is 16.9 Å². The van der Waals surface area contributed by atoms with E-state index < -0.39 is 11.1 Å². The number of carbonyl (C=O) groups excluding carboxylic acids is 1. The third kappa shape index (κ3) is 4.32. The van der Waals surface area contributed by atoms with Crippen molar-refractivity contribution in [3.05, 3.63) is 39.9 Å². The summed E-state index contributed by atoms with van der Waals surface area (Å²) in [6, 6.07) is 8.00. The topological polar surface area (TPSA) is 121 Å². The fraction of sp³-hybridized carbons (Fsp3) is 0.471. The summed E-state index contributed by atoms with van der Waals surface area (Å²) in [5.41, 5.74) is 0.436. The highest BCUT2D eigenvalue weighted by molar-refractivity contribution is 5.96. The van der Waals surface area contributed by atoms with Crippen LogP contribution in [0, 0.1) is 33.3 Å². The Bertz CT molecular complexity index is 788. The summed E-state index contributed by atoms with van der Waals surface area (Å²) >= 11 is 0. The Morgan fingerprint density at radius 1 is 1.41 bits per heavy atom. The zero-order valence-electron chi connectivity index (χ0n) is 14.8. The zero-order chi connectivity index (χ0) is 19.4. The molecular weight excluding hydrogens is 354 g/mol. The van der Waals surface area contributed by atoms with Gasteiger partial charge in [-0.15, -0.1) is 0 Å². The third-order valence-electron chi connectivity index (χ3n) is 4.67. The quantitative estimate of drug-likeness (QED) is 0.579. The van der Waals surface area contributed by atoms with Gasteiger partial charge in [0.05, 0.1) is 24.8 Å². The average molecular weight is 373 g/mol. The number of nitro groups is 1. The smallest absolute Gasteiger partial charge is 0.410 e. The second kappa shape index (κ2) is 8.01. The van der Waals surface area contributed by atoms with Crippen LogP contribution in [0.2, 0.25) is 0 Å². The second-order valence-electron chi connectivity index (χ2n) is 6.51. The summed E-state index contributed by atoms with van der Waals surface area (Å²) in [6.07, 6.45) is -0.751. The summed E-state index contributed by atoms with van der Waals surface area (Å²) in [5.74, 6) is 0.770. The third-order valence-corrected chi connectivity index (χ3v) is 4.67. The van der Waals surface area contributed by atoms with Gasteiger partial charge in [-0.2, -0.15) is 5.26 Å². The number of hydrogen-bond acceptors (Lipinski definition) is 6. The molecule has 1 amide bonds. The SMILES string of the molecule is CC1COCC1CN1CCN(C(=O)Oc2ccc(C#N)cc2)C1=N[N+](=O)[O-]. The van der Waals surface area contributed by atoms with Gasteiger partial charge >= 0.3 is 6.09 Å². The Labute approximate surface area is 155 Å². The van der Waals surface area contributed by atoms with E-state index in [9.17, 15) is 14.9 Å². The molecule has 10 nitrogen and oxygen atoms in total. The first-order valence-electron chi connectivity index (χ1n) is 8.53. The van der Waals surface area contributed by atoms with E-state index in [1.54, 1.807) is 4.90 Å². The van der Waals surface area contributed by atoms with Crippen molar-refractivity contribution in [1.29, 1.82) is 5.26 Å². The first kappa shape index (κ1) is 18.6. The van der Waals surface area contributed by atoms with E-state index in [1.807, 2.05) is 6.07 Å². The fourth-order valence-electron chi connectivity index (χ4n) is 3.10. The van der Waals surface area contributed by atoms with Crippen LogP contribution in [0.3, 0.4) is 0 Å². The van der Waals surface area contributed by atoms with Crippen LogP contribution in [0.25, 0.3) is 0 Å². The van der Waals surface area contributed by atoms with E-state index in [-0.39, 0.29) is 24.2 Å². The molecule has 27 heavy (non-hydrogen) atoms. The number of guanidine groups is 1. The first-order chi connectivity index (χ1) is 13.0. The molecule has 0 aliphatic carbocycles. The molecule has 2 fully saturated rings. The van der Waals surface area contributed by atoms with E-state index >= 15 is 0 Å².